The van der Waals surface area contributed by atoms with Crippen molar-refractivity contribution < 1.29 is 9.53 Å². The average Bonchev–Trinajstić information content (AvgIpc) is 2.92. The Hall–Kier alpha value is -1.55. The number of amides is 1. The van der Waals surface area contributed by atoms with Crippen LogP contribution in [-0.2, 0) is 4.79 Å². The van der Waals surface area contributed by atoms with Crippen molar-refractivity contribution in [1.82, 2.24) is 10.6 Å². The van der Waals surface area contributed by atoms with Crippen LogP contribution >= 0.6 is 0 Å². The van der Waals surface area contributed by atoms with Crippen molar-refractivity contribution in [2.24, 2.45) is 0 Å². The molecule has 1 aromatic carbocycles. The van der Waals surface area contributed by atoms with E-state index in [9.17, 15) is 4.79 Å². The zero-order chi connectivity index (χ0) is 14.4. The van der Waals surface area contributed by atoms with Gasteiger partial charge in [-0.3, -0.25) is 4.79 Å². The van der Waals surface area contributed by atoms with E-state index in [0.29, 0.717) is 19.1 Å². The second kappa shape index (κ2) is 7.29. The molecule has 1 aliphatic heterocycles. The van der Waals surface area contributed by atoms with Crippen molar-refractivity contribution in [2.45, 2.75) is 45.2 Å². The van der Waals surface area contributed by atoms with Gasteiger partial charge < -0.3 is 15.4 Å². The average molecular weight is 276 g/mol. The number of benzene rings is 1. The highest BCUT2D eigenvalue weighted by Crippen LogP contribution is 2.18. The van der Waals surface area contributed by atoms with E-state index < -0.39 is 0 Å². The molecule has 1 amide bonds. The maximum atomic E-state index is 12.0. The lowest BCUT2D eigenvalue weighted by Gasteiger charge is -2.17. The smallest absolute Gasteiger partial charge is 0.222 e. The van der Waals surface area contributed by atoms with Crippen LogP contribution < -0.4 is 15.4 Å². The first-order valence-electron chi connectivity index (χ1n) is 7.44. The SMILES string of the molecule is CCOc1ccc(C(C)NC(=O)CC2CCCN2)cc1. The Morgan fingerprint density at radius 2 is 2.20 bits per heavy atom. The minimum Gasteiger partial charge on any atom is -0.494 e. The summed E-state index contributed by atoms with van der Waals surface area (Å²) in [5.74, 6) is 0.982. The third kappa shape index (κ3) is 4.23. The number of nitrogens with one attached hydrogen (secondary N) is 2. The summed E-state index contributed by atoms with van der Waals surface area (Å²) < 4.78 is 5.41. The Morgan fingerprint density at radius 1 is 1.45 bits per heavy atom. The zero-order valence-corrected chi connectivity index (χ0v) is 12.3. The molecule has 1 fully saturated rings. The summed E-state index contributed by atoms with van der Waals surface area (Å²) in [4.78, 5) is 12.0. The van der Waals surface area contributed by atoms with Gasteiger partial charge in [-0.2, -0.15) is 0 Å². The fourth-order valence-corrected chi connectivity index (χ4v) is 2.56. The van der Waals surface area contributed by atoms with Crippen LogP contribution in [0.2, 0.25) is 0 Å². The largest absolute Gasteiger partial charge is 0.494 e. The molecule has 1 aromatic rings. The summed E-state index contributed by atoms with van der Waals surface area (Å²) in [6.45, 7) is 5.68. The van der Waals surface area contributed by atoms with Gasteiger partial charge in [-0.25, -0.2) is 0 Å². The van der Waals surface area contributed by atoms with Crippen LogP contribution in [-0.4, -0.2) is 25.1 Å². The molecule has 0 aromatic heterocycles. The molecule has 0 saturated carbocycles. The predicted molar refractivity (Wildman–Crippen MR) is 79.8 cm³/mol. The van der Waals surface area contributed by atoms with E-state index in [1.807, 2.05) is 38.1 Å². The predicted octanol–water partition coefficient (Wildman–Crippen LogP) is 2.40. The maximum Gasteiger partial charge on any atom is 0.222 e. The lowest BCUT2D eigenvalue weighted by atomic mass is 10.1. The first-order valence-corrected chi connectivity index (χ1v) is 7.44. The van der Waals surface area contributed by atoms with Crippen molar-refractivity contribution >= 4 is 5.91 Å². The van der Waals surface area contributed by atoms with Gasteiger partial charge in [-0.05, 0) is 50.9 Å². The number of hydrogen-bond donors (Lipinski definition) is 2. The van der Waals surface area contributed by atoms with E-state index in [1.165, 1.54) is 6.42 Å². The van der Waals surface area contributed by atoms with Gasteiger partial charge in [-0.15, -0.1) is 0 Å². The first kappa shape index (κ1) is 14.9. The van der Waals surface area contributed by atoms with Crippen LogP contribution in [0.15, 0.2) is 24.3 Å². The molecule has 2 unspecified atom stereocenters. The molecule has 20 heavy (non-hydrogen) atoms. The molecule has 1 saturated heterocycles. The Balaban J connectivity index is 1.83. The molecular weight excluding hydrogens is 252 g/mol. The van der Waals surface area contributed by atoms with E-state index in [-0.39, 0.29) is 11.9 Å². The Morgan fingerprint density at radius 3 is 2.80 bits per heavy atom. The van der Waals surface area contributed by atoms with Gasteiger partial charge in [-0.1, -0.05) is 12.1 Å². The standard InChI is InChI=1S/C16H24N2O2/c1-3-20-15-8-6-13(7-9-15)12(2)18-16(19)11-14-5-4-10-17-14/h6-9,12,14,17H,3-5,10-11H2,1-2H3,(H,18,19). The number of ether oxygens (including phenoxy) is 1. The molecule has 2 rings (SSSR count). The third-order valence-corrected chi connectivity index (χ3v) is 3.66. The first-order chi connectivity index (χ1) is 9.69. The Kier molecular flexibility index (Phi) is 5.41. The maximum absolute atomic E-state index is 12.0. The van der Waals surface area contributed by atoms with Crippen LogP contribution in [0.5, 0.6) is 5.75 Å². The molecule has 1 heterocycles. The highest BCUT2D eigenvalue weighted by atomic mass is 16.5. The van der Waals surface area contributed by atoms with E-state index in [2.05, 4.69) is 10.6 Å². The van der Waals surface area contributed by atoms with Crippen LogP contribution in [0, 0.1) is 0 Å². The lowest BCUT2D eigenvalue weighted by Crippen LogP contribution is -2.33. The normalized spacial score (nSPS) is 19.6. The van der Waals surface area contributed by atoms with Crippen molar-refractivity contribution in [1.29, 1.82) is 0 Å². The van der Waals surface area contributed by atoms with E-state index >= 15 is 0 Å². The lowest BCUT2D eigenvalue weighted by molar-refractivity contribution is -0.122. The van der Waals surface area contributed by atoms with Crippen LogP contribution in [0.4, 0.5) is 0 Å². The van der Waals surface area contributed by atoms with Crippen LogP contribution in [0.25, 0.3) is 0 Å². The Bertz CT molecular complexity index is 425. The van der Waals surface area contributed by atoms with Crippen molar-refractivity contribution in [3.05, 3.63) is 29.8 Å². The summed E-state index contributed by atoms with van der Waals surface area (Å²) in [5, 5.41) is 6.40. The molecule has 0 bridgehead atoms. The summed E-state index contributed by atoms with van der Waals surface area (Å²) in [6, 6.07) is 8.27. The summed E-state index contributed by atoms with van der Waals surface area (Å²) in [5.41, 5.74) is 1.10. The molecule has 4 heteroatoms. The highest BCUT2D eigenvalue weighted by molar-refractivity contribution is 5.77. The van der Waals surface area contributed by atoms with E-state index in [1.54, 1.807) is 0 Å². The third-order valence-electron chi connectivity index (χ3n) is 3.66. The van der Waals surface area contributed by atoms with Gasteiger partial charge in [0.1, 0.15) is 5.75 Å². The molecule has 110 valence electrons. The van der Waals surface area contributed by atoms with Crippen LogP contribution in [0.3, 0.4) is 0 Å². The molecule has 2 atom stereocenters. The molecule has 0 spiro atoms. The van der Waals surface area contributed by atoms with E-state index in [4.69, 9.17) is 4.74 Å². The molecule has 0 aliphatic carbocycles. The van der Waals surface area contributed by atoms with Gasteiger partial charge >= 0.3 is 0 Å². The molecular formula is C16H24N2O2. The number of carbonyl (C=O) groups excluding carboxylic acids is 1. The zero-order valence-electron chi connectivity index (χ0n) is 12.3. The minimum atomic E-state index is 0.0274. The quantitative estimate of drug-likeness (QED) is 0.839. The van der Waals surface area contributed by atoms with Crippen LogP contribution in [0.1, 0.15) is 44.7 Å². The fraction of sp³-hybridized carbons (Fsp3) is 0.562. The summed E-state index contributed by atoms with van der Waals surface area (Å²) in [6.07, 6.45) is 2.85. The van der Waals surface area contributed by atoms with Gasteiger partial charge in [0.15, 0.2) is 0 Å². The minimum absolute atomic E-state index is 0.0274. The fourth-order valence-electron chi connectivity index (χ4n) is 2.56. The van der Waals surface area contributed by atoms with Crippen molar-refractivity contribution in [3.8, 4) is 5.75 Å². The van der Waals surface area contributed by atoms with E-state index in [0.717, 1.165) is 24.3 Å². The second-order valence-electron chi connectivity index (χ2n) is 5.29. The summed E-state index contributed by atoms with van der Waals surface area (Å²) >= 11 is 0. The molecule has 2 N–H and O–H groups in total. The molecule has 1 aliphatic rings. The monoisotopic (exact) mass is 276 g/mol. The Labute approximate surface area is 120 Å². The molecule has 0 radical (unpaired) electrons. The van der Waals surface area contributed by atoms with Gasteiger partial charge in [0.2, 0.25) is 5.91 Å². The second-order valence-corrected chi connectivity index (χ2v) is 5.29. The highest BCUT2D eigenvalue weighted by Gasteiger charge is 2.18. The topological polar surface area (TPSA) is 50.4 Å². The van der Waals surface area contributed by atoms with Crippen molar-refractivity contribution in [3.63, 3.8) is 0 Å². The van der Waals surface area contributed by atoms with Gasteiger partial charge in [0, 0.05) is 12.5 Å². The summed E-state index contributed by atoms with van der Waals surface area (Å²) in [7, 11) is 0. The number of rotatable bonds is 6. The van der Waals surface area contributed by atoms with Crippen molar-refractivity contribution in [2.75, 3.05) is 13.2 Å². The number of carbonyl (C=O) groups is 1. The number of hydrogen-bond acceptors (Lipinski definition) is 3. The van der Waals surface area contributed by atoms with Gasteiger partial charge in [0.05, 0.1) is 12.6 Å². The molecule has 4 nitrogen and oxygen atoms in total. The van der Waals surface area contributed by atoms with Gasteiger partial charge in [0.25, 0.3) is 0 Å².